The van der Waals surface area contributed by atoms with Gasteiger partial charge in [0.2, 0.25) is 0 Å². The Hall–Kier alpha value is -1.67. The number of halogens is 1. The molecule has 2 heteroatoms. The fourth-order valence-corrected chi connectivity index (χ4v) is 2.20. The Bertz CT molecular complexity index is 544. The van der Waals surface area contributed by atoms with Gasteiger partial charge < -0.3 is 5.73 Å². The predicted octanol–water partition coefficient (Wildman–Crippen LogP) is 4.15. The molecule has 0 bridgehead atoms. The summed E-state index contributed by atoms with van der Waals surface area (Å²) in [7, 11) is 0. The molecule has 2 N–H and O–H groups in total. The molecule has 0 unspecified atom stereocenters. The summed E-state index contributed by atoms with van der Waals surface area (Å²) in [5.74, 6) is 0.415. The monoisotopic (exact) mass is 257 g/mol. The summed E-state index contributed by atoms with van der Waals surface area (Å²) in [6.07, 6.45) is 1.07. The number of rotatable bonds is 4. The molecule has 1 nitrogen and oxygen atoms in total. The van der Waals surface area contributed by atoms with Gasteiger partial charge in [-0.15, -0.1) is 0 Å². The highest BCUT2D eigenvalue weighted by Gasteiger charge is 2.04. The minimum absolute atomic E-state index is 0.230. The van der Waals surface area contributed by atoms with E-state index < -0.39 is 0 Å². The zero-order valence-electron chi connectivity index (χ0n) is 11.5. The summed E-state index contributed by atoms with van der Waals surface area (Å²) in [6.45, 7) is 4.64. The maximum atomic E-state index is 13.7. The van der Waals surface area contributed by atoms with Crippen molar-refractivity contribution in [3.05, 3.63) is 59.4 Å². The molecule has 2 rings (SSSR count). The van der Waals surface area contributed by atoms with Crippen LogP contribution in [0.4, 0.5) is 4.39 Å². The van der Waals surface area contributed by atoms with Gasteiger partial charge in [-0.2, -0.15) is 0 Å². The van der Waals surface area contributed by atoms with Crippen molar-refractivity contribution in [2.24, 2.45) is 11.7 Å². The van der Waals surface area contributed by atoms with E-state index in [1.54, 1.807) is 12.1 Å². The van der Waals surface area contributed by atoms with E-state index in [1.807, 2.05) is 6.07 Å². The first-order valence-corrected chi connectivity index (χ1v) is 6.68. The van der Waals surface area contributed by atoms with Gasteiger partial charge in [-0.25, -0.2) is 4.39 Å². The average Bonchev–Trinajstić information content (AvgIpc) is 2.39. The van der Waals surface area contributed by atoms with Crippen molar-refractivity contribution in [3.63, 3.8) is 0 Å². The number of nitrogens with two attached hydrogens (primary N) is 1. The van der Waals surface area contributed by atoms with E-state index in [-0.39, 0.29) is 12.4 Å². The van der Waals surface area contributed by atoms with E-state index in [4.69, 9.17) is 5.73 Å². The molecular weight excluding hydrogens is 237 g/mol. The Kier molecular flexibility index (Phi) is 4.33. The van der Waals surface area contributed by atoms with Crippen LogP contribution in [0.25, 0.3) is 11.1 Å². The molecule has 0 aliphatic rings. The molecule has 0 fully saturated rings. The van der Waals surface area contributed by atoms with Crippen LogP contribution in [-0.2, 0) is 13.0 Å². The van der Waals surface area contributed by atoms with Crippen LogP contribution in [0.1, 0.15) is 25.0 Å². The predicted molar refractivity (Wildman–Crippen MR) is 78.3 cm³/mol. The van der Waals surface area contributed by atoms with Crippen molar-refractivity contribution in [3.8, 4) is 11.1 Å². The van der Waals surface area contributed by atoms with Crippen LogP contribution >= 0.6 is 0 Å². The van der Waals surface area contributed by atoms with Gasteiger partial charge in [-0.3, -0.25) is 0 Å². The highest BCUT2D eigenvalue weighted by molar-refractivity contribution is 5.64. The second kappa shape index (κ2) is 5.98. The van der Waals surface area contributed by atoms with Crippen LogP contribution in [0.2, 0.25) is 0 Å². The Morgan fingerprint density at radius 2 is 1.63 bits per heavy atom. The lowest BCUT2D eigenvalue weighted by Gasteiger charge is -2.08. The maximum absolute atomic E-state index is 13.7. The Morgan fingerprint density at radius 3 is 2.16 bits per heavy atom. The fraction of sp³-hybridized carbons (Fsp3) is 0.294. The third-order valence-corrected chi connectivity index (χ3v) is 3.20. The van der Waals surface area contributed by atoms with Crippen molar-refractivity contribution < 1.29 is 4.39 Å². The number of hydrogen-bond donors (Lipinski definition) is 1. The molecule has 0 spiro atoms. The van der Waals surface area contributed by atoms with Gasteiger partial charge in [0.25, 0.3) is 0 Å². The minimum Gasteiger partial charge on any atom is -0.326 e. The quantitative estimate of drug-likeness (QED) is 0.874. The summed E-state index contributed by atoms with van der Waals surface area (Å²) in [4.78, 5) is 0. The molecule has 2 aromatic carbocycles. The van der Waals surface area contributed by atoms with E-state index >= 15 is 0 Å². The summed E-state index contributed by atoms with van der Waals surface area (Å²) in [6, 6.07) is 13.6. The lowest BCUT2D eigenvalue weighted by atomic mass is 9.98. The van der Waals surface area contributed by atoms with Crippen molar-refractivity contribution in [2.75, 3.05) is 0 Å². The fourth-order valence-electron chi connectivity index (χ4n) is 2.20. The molecule has 0 aliphatic carbocycles. The largest absolute Gasteiger partial charge is 0.326 e. The molecule has 0 saturated carbocycles. The number of benzene rings is 2. The van der Waals surface area contributed by atoms with E-state index in [1.165, 1.54) is 5.56 Å². The van der Waals surface area contributed by atoms with Gasteiger partial charge in [0, 0.05) is 12.1 Å². The first kappa shape index (κ1) is 13.8. The SMILES string of the molecule is CC(C)Cc1ccc(-c2ccc(CN)c(F)c2)cc1. The van der Waals surface area contributed by atoms with Gasteiger partial charge >= 0.3 is 0 Å². The van der Waals surface area contributed by atoms with Gasteiger partial charge in [-0.05, 0) is 35.1 Å². The Balaban J connectivity index is 2.24. The van der Waals surface area contributed by atoms with Crippen LogP contribution < -0.4 is 5.73 Å². The van der Waals surface area contributed by atoms with Gasteiger partial charge in [-0.1, -0.05) is 50.2 Å². The molecule has 0 aliphatic heterocycles. The van der Waals surface area contributed by atoms with Crippen molar-refractivity contribution in [2.45, 2.75) is 26.8 Å². The van der Waals surface area contributed by atoms with Gasteiger partial charge in [0.1, 0.15) is 5.82 Å². The molecular formula is C17H20FN. The Morgan fingerprint density at radius 1 is 1.00 bits per heavy atom. The first-order valence-electron chi connectivity index (χ1n) is 6.68. The first-order chi connectivity index (χ1) is 9.10. The maximum Gasteiger partial charge on any atom is 0.128 e. The van der Waals surface area contributed by atoms with Crippen molar-refractivity contribution >= 4 is 0 Å². The van der Waals surface area contributed by atoms with Gasteiger partial charge in [0.05, 0.1) is 0 Å². The van der Waals surface area contributed by atoms with Crippen LogP contribution in [0.3, 0.4) is 0 Å². The van der Waals surface area contributed by atoms with Crippen LogP contribution in [-0.4, -0.2) is 0 Å². The van der Waals surface area contributed by atoms with Crippen LogP contribution in [0, 0.1) is 11.7 Å². The highest BCUT2D eigenvalue weighted by Crippen LogP contribution is 2.23. The molecule has 0 atom stereocenters. The smallest absolute Gasteiger partial charge is 0.128 e. The zero-order chi connectivity index (χ0) is 13.8. The van der Waals surface area contributed by atoms with E-state index in [0.717, 1.165) is 17.5 Å². The summed E-state index contributed by atoms with van der Waals surface area (Å²) < 4.78 is 13.7. The van der Waals surface area contributed by atoms with E-state index in [0.29, 0.717) is 11.5 Å². The Labute approximate surface area is 114 Å². The summed E-state index contributed by atoms with van der Waals surface area (Å²) >= 11 is 0. The molecule has 0 radical (unpaired) electrons. The average molecular weight is 257 g/mol. The van der Waals surface area contributed by atoms with E-state index in [9.17, 15) is 4.39 Å². The summed E-state index contributed by atoms with van der Waals surface area (Å²) in [5, 5.41) is 0. The van der Waals surface area contributed by atoms with Crippen LogP contribution in [0.15, 0.2) is 42.5 Å². The molecule has 0 amide bonds. The van der Waals surface area contributed by atoms with E-state index in [2.05, 4.69) is 38.1 Å². The highest BCUT2D eigenvalue weighted by atomic mass is 19.1. The molecule has 100 valence electrons. The van der Waals surface area contributed by atoms with Crippen molar-refractivity contribution in [1.82, 2.24) is 0 Å². The van der Waals surface area contributed by atoms with Crippen molar-refractivity contribution in [1.29, 1.82) is 0 Å². The molecule has 0 aromatic heterocycles. The topological polar surface area (TPSA) is 26.0 Å². The third-order valence-electron chi connectivity index (χ3n) is 3.20. The zero-order valence-corrected chi connectivity index (χ0v) is 11.5. The normalized spacial score (nSPS) is 11.0. The van der Waals surface area contributed by atoms with Gasteiger partial charge in [0.15, 0.2) is 0 Å². The molecule has 0 heterocycles. The summed E-state index contributed by atoms with van der Waals surface area (Å²) in [5.41, 5.74) is 9.27. The third kappa shape index (κ3) is 3.42. The van der Waals surface area contributed by atoms with Crippen LogP contribution in [0.5, 0.6) is 0 Å². The lowest BCUT2D eigenvalue weighted by Crippen LogP contribution is -1.99. The number of hydrogen-bond acceptors (Lipinski definition) is 1. The standard InChI is InChI=1S/C17H20FN/c1-12(2)9-13-3-5-14(6-4-13)15-7-8-16(11-19)17(18)10-15/h3-8,10,12H,9,11,19H2,1-2H3. The minimum atomic E-state index is -0.230. The molecule has 0 saturated heterocycles. The second-order valence-corrected chi connectivity index (χ2v) is 5.31. The molecule has 19 heavy (non-hydrogen) atoms. The lowest BCUT2D eigenvalue weighted by molar-refractivity contribution is 0.611. The molecule has 2 aromatic rings. The second-order valence-electron chi connectivity index (χ2n) is 5.31.